The smallest absolute Gasteiger partial charge is 0.253 e. The van der Waals surface area contributed by atoms with Crippen molar-refractivity contribution in [3.8, 4) is 0 Å². The molecule has 0 saturated heterocycles. The minimum Gasteiger partial charge on any atom is -0.384 e. The first-order chi connectivity index (χ1) is 11.1. The molecular formula is C18H30N4O. The predicted octanol–water partition coefficient (Wildman–Crippen LogP) is 2.90. The van der Waals surface area contributed by atoms with Crippen molar-refractivity contribution in [1.82, 2.24) is 15.2 Å². The van der Waals surface area contributed by atoms with Gasteiger partial charge >= 0.3 is 0 Å². The molecule has 0 radical (unpaired) electrons. The summed E-state index contributed by atoms with van der Waals surface area (Å²) in [7, 11) is 4.14. The van der Waals surface area contributed by atoms with E-state index in [4.69, 9.17) is 0 Å². The molecule has 0 atom stereocenters. The highest BCUT2D eigenvalue weighted by Gasteiger charge is 2.16. The fraction of sp³-hybridized carbons (Fsp3) is 0.667. The first-order valence-electron chi connectivity index (χ1n) is 8.79. The molecule has 23 heavy (non-hydrogen) atoms. The fourth-order valence-electron chi connectivity index (χ4n) is 2.98. The van der Waals surface area contributed by atoms with E-state index in [0.29, 0.717) is 11.6 Å². The second-order valence-corrected chi connectivity index (χ2v) is 6.71. The molecule has 0 unspecified atom stereocenters. The van der Waals surface area contributed by atoms with Gasteiger partial charge in [-0.3, -0.25) is 9.78 Å². The van der Waals surface area contributed by atoms with Crippen LogP contribution >= 0.6 is 0 Å². The Balaban J connectivity index is 1.84. The molecule has 1 saturated carbocycles. The van der Waals surface area contributed by atoms with Crippen molar-refractivity contribution in [2.45, 2.75) is 51.0 Å². The highest BCUT2D eigenvalue weighted by atomic mass is 16.1. The van der Waals surface area contributed by atoms with Crippen molar-refractivity contribution >= 4 is 11.6 Å². The zero-order chi connectivity index (χ0) is 16.5. The largest absolute Gasteiger partial charge is 0.384 e. The van der Waals surface area contributed by atoms with Crippen LogP contribution < -0.4 is 10.6 Å². The van der Waals surface area contributed by atoms with Gasteiger partial charge in [0.1, 0.15) is 0 Å². The number of hydrogen-bond acceptors (Lipinski definition) is 4. The summed E-state index contributed by atoms with van der Waals surface area (Å²) in [6.07, 6.45) is 11.7. The van der Waals surface area contributed by atoms with Crippen LogP contribution in [0.25, 0.3) is 0 Å². The van der Waals surface area contributed by atoms with E-state index in [9.17, 15) is 4.79 Å². The topological polar surface area (TPSA) is 57.3 Å². The summed E-state index contributed by atoms with van der Waals surface area (Å²) >= 11 is 0. The van der Waals surface area contributed by atoms with Gasteiger partial charge in [-0.2, -0.15) is 0 Å². The Morgan fingerprint density at radius 1 is 1.22 bits per heavy atom. The zero-order valence-corrected chi connectivity index (χ0v) is 14.5. The van der Waals surface area contributed by atoms with E-state index >= 15 is 0 Å². The van der Waals surface area contributed by atoms with E-state index < -0.39 is 0 Å². The van der Waals surface area contributed by atoms with Crippen LogP contribution in [0.2, 0.25) is 0 Å². The summed E-state index contributed by atoms with van der Waals surface area (Å²) in [6.45, 7) is 1.93. The molecule has 0 aromatic carbocycles. The average molecular weight is 318 g/mol. The molecule has 1 aromatic heterocycles. The molecule has 0 bridgehead atoms. The van der Waals surface area contributed by atoms with Crippen molar-refractivity contribution in [2.24, 2.45) is 0 Å². The second kappa shape index (κ2) is 9.50. The van der Waals surface area contributed by atoms with Crippen molar-refractivity contribution in [3.63, 3.8) is 0 Å². The molecule has 1 heterocycles. The van der Waals surface area contributed by atoms with E-state index in [-0.39, 0.29) is 5.91 Å². The Kier molecular flexibility index (Phi) is 7.33. The number of anilines is 1. The summed E-state index contributed by atoms with van der Waals surface area (Å²) in [6, 6.07) is 2.22. The summed E-state index contributed by atoms with van der Waals surface area (Å²) in [5, 5.41) is 6.51. The average Bonchev–Trinajstić information content (AvgIpc) is 2.80. The van der Waals surface area contributed by atoms with Crippen molar-refractivity contribution in [3.05, 3.63) is 24.0 Å². The fourth-order valence-corrected chi connectivity index (χ4v) is 2.98. The lowest BCUT2D eigenvalue weighted by Gasteiger charge is -2.16. The molecule has 1 aliphatic carbocycles. The maximum absolute atomic E-state index is 12.4. The molecule has 2 rings (SSSR count). The lowest BCUT2D eigenvalue weighted by atomic mass is 10.1. The van der Waals surface area contributed by atoms with Gasteiger partial charge in [0.25, 0.3) is 5.91 Å². The molecule has 1 aliphatic rings. The number of rotatable bonds is 7. The predicted molar refractivity (Wildman–Crippen MR) is 94.9 cm³/mol. The second-order valence-electron chi connectivity index (χ2n) is 6.71. The van der Waals surface area contributed by atoms with Gasteiger partial charge < -0.3 is 15.5 Å². The first kappa shape index (κ1) is 17.7. The summed E-state index contributed by atoms with van der Waals surface area (Å²) in [5.41, 5.74) is 1.56. The Bertz CT molecular complexity index is 482. The summed E-state index contributed by atoms with van der Waals surface area (Å²) in [4.78, 5) is 18.8. The molecule has 1 fully saturated rings. The van der Waals surface area contributed by atoms with Crippen LogP contribution in [0.4, 0.5) is 5.69 Å². The number of nitrogens with one attached hydrogen (secondary N) is 2. The number of carbonyl (C=O) groups excluding carboxylic acids is 1. The molecule has 0 spiro atoms. The van der Waals surface area contributed by atoms with Gasteiger partial charge in [0.05, 0.1) is 11.3 Å². The maximum atomic E-state index is 12.4. The lowest BCUT2D eigenvalue weighted by molar-refractivity contribution is 0.0933. The molecule has 2 N–H and O–H groups in total. The highest BCUT2D eigenvalue weighted by molar-refractivity contribution is 5.94. The SMILES string of the molecule is CN(C)CCCNc1cncc(C(=O)NC2CCCCCC2)c1. The van der Waals surface area contributed by atoms with Gasteiger partial charge in [-0.15, -0.1) is 0 Å². The van der Waals surface area contributed by atoms with Crippen LogP contribution in [-0.2, 0) is 0 Å². The highest BCUT2D eigenvalue weighted by Crippen LogP contribution is 2.18. The Labute approximate surface area is 139 Å². The number of carbonyl (C=O) groups is 1. The van der Waals surface area contributed by atoms with Crippen LogP contribution in [0.1, 0.15) is 55.3 Å². The molecular weight excluding hydrogens is 288 g/mol. The Morgan fingerprint density at radius 2 is 1.96 bits per heavy atom. The molecule has 0 aliphatic heterocycles. The Morgan fingerprint density at radius 3 is 2.65 bits per heavy atom. The van der Waals surface area contributed by atoms with E-state index in [1.807, 2.05) is 6.07 Å². The first-order valence-corrected chi connectivity index (χ1v) is 8.79. The van der Waals surface area contributed by atoms with Gasteiger partial charge in [0.15, 0.2) is 0 Å². The van der Waals surface area contributed by atoms with E-state index in [1.165, 1.54) is 25.7 Å². The van der Waals surface area contributed by atoms with Gasteiger partial charge in [0.2, 0.25) is 0 Å². The minimum atomic E-state index is 0.00124. The normalized spacial score (nSPS) is 16.1. The van der Waals surface area contributed by atoms with Gasteiger partial charge in [-0.05, 0) is 46.0 Å². The molecule has 128 valence electrons. The van der Waals surface area contributed by atoms with Crippen LogP contribution in [0.15, 0.2) is 18.5 Å². The molecule has 1 aromatic rings. The third kappa shape index (κ3) is 6.57. The number of hydrogen-bond donors (Lipinski definition) is 2. The monoisotopic (exact) mass is 318 g/mol. The summed E-state index contributed by atoms with van der Waals surface area (Å²) in [5.74, 6) is 0.00124. The number of pyridine rings is 1. The van der Waals surface area contributed by atoms with Crippen molar-refractivity contribution in [1.29, 1.82) is 0 Å². The van der Waals surface area contributed by atoms with Crippen molar-refractivity contribution < 1.29 is 4.79 Å². The third-order valence-corrected chi connectivity index (χ3v) is 4.30. The lowest BCUT2D eigenvalue weighted by Crippen LogP contribution is -2.34. The van der Waals surface area contributed by atoms with Crippen LogP contribution in [-0.4, -0.2) is 49.0 Å². The van der Waals surface area contributed by atoms with Crippen molar-refractivity contribution in [2.75, 3.05) is 32.5 Å². The van der Waals surface area contributed by atoms with Gasteiger partial charge in [0, 0.05) is 25.0 Å². The molecule has 5 heteroatoms. The number of amides is 1. The van der Waals surface area contributed by atoms with E-state index in [1.54, 1.807) is 12.4 Å². The number of aromatic nitrogens is 1. The third-order valence-electron chi connectivity index (χ3n) is 4.30. The minimum absolute atomic E-state index is 0.00124. The maximum Gasteiger partial charge on any atom is 0.253 e. The van der Waals surface area contributed by atoms with Gasteiger partial charge in [-0.25, -0.2) is 0 Å². The van der Waals surface area contributed by atoms with Gasteiger partial charge in [-0.1, -0.05) is 25.7 Å². The van der Waals surface area contributed by atoms with Crippen LogP contribution in [0, 0.1) is 0 Å². The molecule has 1 amide bonds. The van der Waals surface area contributed by atoms with Crippen LogP contribution in [0.5, 0.6) is 0 Å². The van der Waals surface area contributed by atoms with E-state index in [0.717, 1.165) is 38.0 Å². The number of nitrogens with zero attached hydrogens (tertiary/aromatic N) is 2. The van der Waals surface area contributed by atoms with Crippen LogP contribution in [0.3, 0.4) is 0 Å². The zero-order valence-electron chi connectivity index (χ0n) is 14.5. The molecule has 5 nitrogen and oxygen atoms in total. The quantitative estimate of drug-likeness (QED) is 0.599. The Hall–Kier alpha value is -1.62. The summed E-state index contributed by atoms with van der Waals surface area (Å²) < 4.78 is 0. The standard InChI is InChI=1S/C18H30N4O/c1-22(2)11-7-10-20-17-12-15(13-19-14-17)18(23)21-16-8-5-3-4-6-9-16/h12-14,16,20H,3-11H2,1-2H3,(H,21,23). The van der Waals surface area contributed by atoms with E-state index in [2.05, 4.69) is 34.6 Å².